The molecule has 0 spiro atoms. The Morgan fingerprint density at radius 1 is 1.17 bits per heavy atom. The Morgan fingerprint density at radius 2 is 2.03 bits per heavy atom. The van der Waals surface area contributed by atoms with Gasteiger partial charge in [0.1, 0.15) is 12.4 Å². The van der Waals surface area contributed by atoms with Gasteiger partial charge in [0.2, 0.25) is 5.88 Å². The number of nitrogens with one attached hydrogen (secondary N) is 3. The van der Waals surface area contributed by atoms with E-state index in [-0.39, 0.29) is 23.9 Å². The smallest absolute Gasteiger partial charge is 0.388 e. The number of nitrogens with zero attached hydrogens (tertiary/aromatic N) is 1. The molecule has 0 bridgehead atoms. The number of anilines is 1. The molecule has 2 aromatic heterocycles. The van der Waals surface area contributed by atoms with E-state index in [0.717, 1.165) is 0 Å². The van der Waals surface area contributed by atoms with Crippen LogP contribution in [-0.2, 0) is 10.0 Å². The van der Waals surface area contributed by atoms with Crippen molar-refractivity contribution in [1.29, 1.82) is 0 Å². The summed E-state index contributed by atoms with van der Waals surface area (Å²) in [6.45, 7) is -2.04. The van der Waals surface area contributed by atoms with Crippen molar-refractivity contribution in [2.75, 3.05) is 24.4 Å². The number of rotatable bonds is 12. The fourth-order valence-corrected chi connectivity index (χ4v) is 5.34. The number of sulfonamides is 1. The lowest BCUT2D eigenvalue weighted by Crippen LogP contribution is -2.26. The highest BCUT2D eigenvalue weighted by Gasteiger charge is 2.16. The van der Waals surface area contributed by atoms with Gasteiger partial charge in [-0.05, 0) is 41.3 Å². The van der Waals surface area contributed by atoms with Crippen LogP contribution in [0.4, 0.5) is 14.5 Å². The maximum atomic E-state index is 12.4. The van der Waals surface area contributed by atoms with E-state index < -0.39 is 22.7 Å². The van der Waals surface area contributed by atoms with Gasteiger partial charge in [0, 0.05) is 30.2 Å². The molecule has 4 aromatic rings. The monoisotopic (exact) mass is 524 g/mol. The molecular formula is C22H22F2N4O5S2. The van der Waals surface area contributed by atoms with Crippen LogP contribution in [0.1, 0.15) is 11.7 Å². The maximum absolute atomic E-state index is 12.4. The number of aliphatic hydroxyl groups excluding tert-OH is 1. The first-order valence-corrected chi connectivity index (χ1v) is 12.8. The Labute approximate surface area is 203 Å². The number of ether oxygens (including phenoxy) is 2. The number of alkyl halides is 2. The highest BCUT2D eigenvalue weighted by Crippen LogP contribution is 2.27. The SMILES string of the molecule is O=S(=O)(Nc1cccc(C(O)CNCCOc2ccc3c(OC(F)F)n[nH]c3c2)c1)c1ccsc1. The van der Waals surface area contributed by atoms with Crippen LogP contribution in [-0.4, -0.2) is 50.0 Å². The second-order valence-electron chi connectivity index (χ2n) is 7.37. The van der Waals surface area contributed by atoms with Crippen LogP contribution in [0, 0.1) is 0 Å². The number of H-pyrrole nitrogens is 1. The van der Waals surface area contributed by atoms with Crippen LogP contribution in [0.3, 0.4) is 0 Å². The lowest BCUT2D eigenvalue weighted by atomic mass is 10.1. The predicted octanol–water partition coefficient (Wildman–Crippen LogP) is 3.73. The number of halogens is 2. The minimum Gasteiger partial charge on any atom is -0.492 e. The third-order valence-corrected chi connectivity index (χ3v) is 7.13. The molecule has 35 heavy (non-hydrogen) atoms. The fraction of sp³-hybridized carbons (Fsp3) is 0.227. The van der Waals surface area contributed by atoms with E-state index in [4.69, 9.17) is 4.74 Å². The first kappa shape index (κ1) is 24.9. The van der Waals surface area contributed by atoms with E-state index in [0.29, 0.717) is 34.4 Å². The maximum Gasteiger partial charge on any atom is 0.388 e. The lowest BCUT2D eigenvalue weighted by Gasteiger charge is -2.14. The summed E-state index contributed by atoms with van der Waals surface area (Å²) in [6.07, 6.45) is -0.866. The van der Waals surface area contributed by atoms with E-state index in [9.17, 15) is 22.3 Å². The van der Waals surface area contributed by atoms with E-state index in [1.54, 1.807) is 53.2 Å². The minimum atomic E-state index is -3.68. The average molecular weight is 525 g/mol. The van der Waals surface area contributed by atoms with Crippen molar-refractivity contribution in [3.63, 3.8) is 0 Å². The van der Waals surface area contributed by atoms with Crippen LogP contribution in [0.2, 0.25) is 0 Å². The first-order chi connectivity index (χ1) is 16.8. The molecule has 0 saturated heterocycles. The number of thiophene rings is 1. The summed E-state index contributed by atoms with van der Waals surface area (Å²) < 4.78 is 62.1. The Kier molecular flexibility index (Phi) is 7.80. The number of hydrogen-bond acceptors (Lipinski definition) is 8. The van der Waals surface area contributed by atoms with Crippen molar-refractivity contribution in [1.82, 2.24) is 15.5 Å². The molecule has 186 valence electrons. The van der Waals surface area contributed by atoms with Crippen molar-refractivity contribution >= 4 is 38.0 Å². The second-order valence-corrected chi connectivity index (χ2v) is 9.84. The number of aromatic nitrogens is 2. The molecule has 1 unspecified atom stereocenters. The molecular weight excluding hydrogens is 502 g/mol. The molecule has 0 fully saturated rings. The summed E-state index contributed by atoms with van der Waals surface area (Å²) in [6, 6.07) is 12.9. The van der Waals surface area contributed by atoms with Crippen LogP contribution in [0.25, 0.3) is 10.9 Å². The fourth-order valence-electron chi connectivity index (χ4n) is 3.26. The summed E-state index contributed by atoms with van der Waals surface area (Å²) in [5, 5.41) is 23.5. The zero-order valence-corrected chi connectivity index (χ0v) is 19.8. The van der Waals surface area contributed by atoms with E-state index >= 15 is 0 Å². The van der Waals surface area contributed by atoms with Gasteiger partial charge < -0.3 is 19.9 Å². The average Bonchev–Trinajstić information content (AvgIpc) is 3.49. The van der Waals surface area contributed by atoms with Gasteiger partial charge in [0.25, 0.3) is 10.0 Å². The number of benzene rings is 2. The molecule has 2 aromatic carbocycles. The van der Waals surface area contributed by atoms with Gasteiger partial charge >= 0.3 is 6.61 Å². The normalized spacial score (nSPS) is 12.7. The minimum absolute atomic E-state index is 0.180. The standard InChI is InChI=1S/C22H22F2N4O5S2/c23-22(24)33-21-18-5-4-16(11-19(18)26-27-21)32-8-7-25-12-20(29)14-2-1-3-15(10-14)28-35(30,31)17-6-9-34-13-17/h1-6,9-11,13,20,22,25,28-29H,7-8,12H2,(H,26,27). The summed E-state index contributed by atoms with van der Waals surface area (Å²) in [5.41, 5.74) is 1.40. The number of aromatic amines is 1. The molecule has 1 atom stereocenters. The Morgan fingerprint density at radius 3 is 2.80 bits per heavy atom. The van der Waals surface area contributed by atoms with Crippen molar-refractivity contribution in [3.05, 3.63) is 64.9 Å². The zero-order valence-electron chi connectivity index (χ0n) is 18.1. The largest absolute Gasteiger partial charge is 0.492 e. The molecule has 13 heteroatoms. The highest BCUT2D eigenvalue weighted by molar-refractivity contribution is 7.92. The first-order valence-electron chi connectivity index (χ1n) is 10.4. The van der Waals surface area contributed by atoms with Crippen LogP contribution >= 0.6 is 11.3 Å². The zero-order chi connectivity index (χ0) is 24.8. The van der Waals surface area contributed by atoms with Gasteiger partial charge in [-0.3, -0.25) is 9.82 Å². The summed E-state index contributed by atoms with van der Waals surface area (Å²) in [7, 11) is -3.68. The Hall–Kier alpha value is -3.26. The molecule has 2 heterocycles. The summed E-state index contributed by atoms with van der Waals surface area (Å²) >= 11 is 1.29. The second kappa shape index (κ2) is 11.0. The lowest BCUT2D eigenvalue weighted by molar-refractivity contribution is -0.0518. The molecule has 4 N–H and O–H groups in total. The quantitative estimate of drug-likeness (QED) is 0.208. The van der Waals surface area contributed by atoms with Crippen LogP contribution in [0.15, 0.2) is 64.2 Å². The van der Waals surface area contributed by atoms with E-state index in [1.807, 2.05) is 0 Å². The van der Waals surface area contributed by atoms with E-state index in [1.165, 1.54) is 17.4 Å². The summed E-state index contributed by atoms with van der Waals surface area (Å²) in [4.78, 5) is 0.184. The predicted molar refractivity (Wildman–Crippen MR) is 128 cm³/mol. The third kappa shape index (κ3) is 6.45. The number of hydrogen-bond donors (Lipinski definition) is 4. The van der Waals surface area contributed by atoms with Gasteiger partial charge in [-0.1, -0.05) is 12.1 Å². The molecule has 4 rings (SSSR count). The van der Waals surface area contributed by atoms with Gasteiger partial charge in [-0.15, -0.1) is 5.10 Å². The van der Waals surface area contributed by atoms with Crippen molar-refractivity contribution in [2.24, 2.45) is 0 Å². The third-order valence-electron chi connectivity index (χ3n) is 4.91. The van der Waals surface area contributed by atoms with Gasteiger partial charge in [-0.25, -0.2) is 8.42 Å². The van der Waals surface area contributed by atoms with Crippen LogP contribution < -0.4 is 19.5 Å². The van der Waals surface area contributed by atoms with Crippen molar-refractivity contribution in [3.8, 4) is 11.6 Å². The molecule has 0 aliphatic rings. The van der Waals surface area contributed by atoms with Gasteiger partial charge in [-0.2, -0.15) is 20.1 Å². The molecule has 0 radical (unpaired) electrons. The Bertz CT molecular complexity index is 1360. The molecule has 0 aliphatic carbocycles. The van der Waals surface area contributed by atoms with Crippen molar-refractivity contribution < 1.29 is 31.8 Å². The highest BCUT2D eigenvalue weighted by atomic mass is 32.2. The topological polar surface area (TPSA) is 126 Å². The number of fused-ring (bicyclic) bond motifs is 1. The molecule has 9 nitrogen and oxygen atoms in total. The van der Waals surface area contributed by atoms with Crippen molar-refractivity contribution in [2.45, 2.75) is 17.6 Å². The Balaban J connectivity index is 1.24. The molecule has 0 amide bonds. The molecule has 0 aliphatic heterocycles. The van der Waals surface area contributed by atoms with E-state index in [2.05, 4.69) is 25.0 Å². The molecule has 0 saturated carbocycles. The van der Waals surface area contributed by atoms with Crippen LogP contribution in [0.5, 0.6) is 11.6 Å². The van der Waals surface area contributed by atoms with Gasteiger partial charge in [0.15, 0.2) is 0 Å². The van der Waals surface area contributed by atoms with Gasteiger partial charge in [0.05, 0.1) is 21.9 Å². The number of aliphatic hydroxyl groups is 1. The summed E-state index contributed by atoms with van der Waals surface area (Å²) in [5.74, 6) is 0.332.